The maximum absolute atomic E-state index is 4.44. The third-order valence-corrected chi connectivity index (χ3v) is 3.86. The highest BCUT2D eigenvalue weighted by molar-refractivity contribution is 7.09. The Hall–Kier alpha value is -1.46. The van der Waals surface area contributed by atoms with Crippen LogP contribution in [0.1, 0.15) is 24.4 Å². The first-order valence-corrected chi connectivity index (χ1v) is 7.32. The summed E-state index contributed by atoms with van der Waals surface area (Å²) in [7, 11) is 1.85. The van der Waals surface area contributed by atoms with Crippen LogP contribution in [0, 0.1) is 0 Å². The van der Waals surface area contributed by atoms with Crippen LogP contribution in [0.3, 0.4) is 0 Å². The van der Waals surface area contributed by atoms with Crippen molar-refractivity contribution in [3.05, 3.63) is 40.5 Å². The third-order valence-electron chi connectivity index (χ3n) is 3.00. The minimum absolute atomic E-state index is 0.480. The van der Waals surface area contributed by atoms with Crippen LogP contribution in [0.4, 0.5) is 5.82 Å². The maximum atomic E-state index is 4.44. The molecule has 5 heteroatoms. The van der Waals surface area contributed by atoms with Gasteiger partial charge in [-0.2, -0.15) is 0 Å². The van der Waals surface area contributed by atoms with Gasteiger partial charge in [-0.1, -0.05) is 6.07 Å². The Kier molecular flexibility index (Phi) is 4.87. The van der Waals surface area contributed by atoms with E-state index in [4.69, 9.17) is 0 Å². The van der Waals surface area contributed by atoms with Crippen LogP contribution in [0.2, 0.25) is 0 Å². The molecule has 4 nitrogen and oxygen atoms in total. The fraction of sp³-hybridized carbons (Fsp3) is 0.429. The van der Waals surface area contributed by atoms with Gasteiger partial charge in [-0.05, 0) is 25.3 Å². The molecule has 0 amide bonds. The quantitative estimate of drug-likeness (QED) is 0.880. The van der Waals surface area contributed by atoms with E-state index < -0.39 is 0 Å². The molecule has 2 aromatic rings. The molecule has 0 aliphatic rings. The summed E-state index contributed by atoms with van der Waals surface area (Å²) in [4.78, 5) is 12.5. The molecule has 19 heavy (non-hydrogen) atoms. The van der Waals surface area contributed by atoms with Crippen LogP contribution in [0.25, 0.3) is 0 Å². The standard InChI is InChI=1S/C14H20N4S/c1-11(2)18(10-13-5-4-6-19-13)9-12-7-17-14(15-3)8-16-12/h4-8,11H,9-10H2,1-3H3,(H,15,17). The molecule has 0 radical (unpaired) electrons. The van der Waals surface area contributed by atoms with Gasteiger partial charge in [0.1, 0.15) is 5.82 Å². The second kappa shape index (κ2) is 6.63. The van der Waals surface area contributed by atoms with Gasteiger partial charge in [-0.15, -0.1) is 11.3 Å². The minimum atomic E-state index is 0.480. The summed E-state index contributed by atoms with van der Waals surface area (Å²) in [6, 6.07) is 4.75. The lowest BCUT2D eigenvalue weighted by Crippen LogP contribution is -2.29. The molecular formula is C14H20N4S. The van der Waals surface area contributed by atoms with Crippen molar-refractivity contribution in [1.29, 1.82) is 0 Å². The number of nitrogens with zero attached hydrogens (tertiary/aromatic N) is 3. The van der Waals surface area contributed by atoms with Gasteiger partial charge in [-0.3, -0.25) is 9.88 Å². The molecule has 1 N–H and O–H groups in total. The van der Waals surface area contributed by atoms with Crippen LogP contribution in [-0.4, -0.2) is 28.0 Å². The summed E-state index contributed by atoms with van der Waals surface area (Å²) in [6.45, 7) is 6.21. The summed E-state index contributed by atoms with van der Waals surface area (Å²) in [6.07, 6.45) is 3.62. The van der Waals surface area contributed by atoms with E-state index in [0.29, 0.717) is 6.04 Å². The summed E-state index contributed by atoms with van der Waals surface area (Å²) in [5.41, 5.74) is 1.00. The second-order valence-corrected chi connectivity index (χ2v) is 5.75. The van der Waals surface area contributed by atoms with Crippen molar-refractivity contribution in [2.45, 2.75) is 33.0 Å². The Bertz CT molecular complexity index is 479. The van der Waals surface area contributed by atoms with E-state index in [-0.39, 0.29) is 0 Å². The monoisotopic (exact) mass is 276 g/mol. The molecule has 2 rings (SSSR count). The van der Waals surface area contributed by atoms with Gasteiger partial charge in [0, 0.05) is 31.1 Å². The number of anilines is 1. The average Bonchev–Trinajstić information content (AvgIpc) is 2.91. The topological polar surface area (TPSA) is 41.1 Å². The highest BCUT2D eigenvalue weighted by atomic mass is 32.1. The molecule has 0 unspecified atom stereocenters. The molecular weight excluding hydrogens is 256 g/mol. The zero-order chi connectivity index (χ0) is 13.7. The fourth-order valence-electron chi connectivity index (χ4n) is 1.80. The second-order valence-electron chi connectivity index (χ2n) is 4.72. The number of thiophene rings is 1. The van der Waals surface area contributed by atoms with Crippen molar-refractivity contribution in [1.82, 2.24) is 14.9 Å². The first-order chi connectivity index (χ1) is 9.19. The van der Waals surface area contributed by atoms with Crippen molar-refractivity contribution >= 4 is 17.2 Å². The van der Waals surface area contributed by atoms with E-state index in [1.54, 1.807) is 17.5 Å². The van der Waals surface area contributed by atoms with Crippen molar-refractivity contribution < 1.29 is 0 Å². The van der Waals surface area contributed by atoms with Gasteiger partial charge >= 0.3 is 0 Å². The molecule has 0 aliphatic carbocycles. The molecule has 102 valence electrons. The van der Waals surface area contributed by atoms with Gasteiger partial charge in [-0.25, -0.2) is 4.98 Å². The number of hydrogen-bond donors (Lipinski definition) is 1. The lowest BCUT2D eigenvalue weighted by molar-refractivity contribution is 0.203. The summed E-state index contributed by atoms with van der Waals surface area (Å²) in [5, 5.41) is 5.10. The predicted octanol–water partition coefficient (Wildman–Crippen LogP) is 2.99. The van der Waals surface area contributed by atoms with Crippen molar-refractivity contribution in [2.24, 2.45) is 0 Å². The first-order valence-electron chi connectivity index (χ1n) is 6.44. The zero-order valence-corrected chi connectivity index (χ0v) is 12.4. The van der Waals surface area contributed by atoms with Crippen LogP contribution in [0.15, 0.2) is 29.9 Å². The Balaban J connectivity index is 2.03. The molecule has 0 saturated carbocycles. The fourth-order valence-corrected chi connectivity index (χ4v) is 2.53. The zero-order valence-electron chi connectivity index (χ0n) is 11.6. The molecule has 0 spiro atoms. The summed E-state index contributed by atoms with van der Waals surface area (Å²) < 4.78 is 0. The lowest BCUT2D eigenvalue weighted by Gasteiger charge is -2.25. The number of hydrogen-bond acceptors (Lipinski definition) is 5. The molecule has 2 aromatic heterocycles. The average molecular weight is 276 g/mol. The Morgan fingerprint density at radius 3 is 2.63 bits per heavy atom. The molecule has 0 saturated heterocycles. The van der Waals surface area contributed by atoms with Gasteiger partial charge in [0.05, 0.1) is 18.1 Å². The normalized spacial score (nSPS) is 11.2. The molecule has 0 aromatic carbocycles. The largest absolute Gasteiger partial charge is 0.372 e. The number of aromatic nitrogens is 2. The smallest absolute Gasteiger partial charge is 0.144 e. The van der Waals surface area contributed by atoms with E-state index >= 15 is 0 Å². The van der Waals surface area contributed by atoms with E-state index in [2.05, 4.69) is 51.5 Å². The van der Waals surface area contributed by atoms with Crippen LogP contribution in [0.5, 0.6) is 0 Å². The van der Waals surface area contributed by atoms with Crippen LogP contribution >= 0.6 is 11.3 Å². The number of rotatable bonds is 6. The van der Waals surface area contributed by atoms with Gasteiger partial charge in [0.15, 0.2) is 0 Å². The number of nitrogens with one attached hydrogen (secondary N) is 1. The lowest BCUT2D eigenvalue weighted by atomic mass is 10.2. The molecule has 0 fully saturated rings. The molecule has 2 heterocycles. The summed E-state index contributed by atoms with van der Waals surface area (Å²) in [5.74, 6) is 0.804. The van der Waals surface area contributed by atoms with Crippen LogP contribution < -0.4 is 5.32 Å². The Labute approximate surface area is 118 Å². The highest BCUT2D eigenvalue weighted by Gasteiger charge is 2.12. The first kappa shape index (κ1) is 14.0. The Morgan fingerprint density at radius 1 is 1.26 bits per heavy atom. The van der Waals surface area contributed by atoms with Gasteiger partial charge in [0.25, 0.3) is 0 Å². The van der Waals surface area contributed by atoms with Gasteiger partial charge < -0.3 is 5.32 Å². The SMILES string of the molecule is CNc1cnc(CN(Cc2cccs2)C(C)C)cn1. The molecule has 0 atom stereocenters. The summed E-state index contributed by atoms with van der Waals surface area (Å²) >= 11 is 1.80. The van der Waals surface area contributed by atoms with Crippen LogP contribution in [-0.2, 0) is 13.1 Å². The molecule has 0 aliphatic heterocycles. The van der Waals surface area contributed by atoms with E-state index in [1.807, 2.05) is 13.2 Å². The van der Waals surface area contributed by atoms with E-state index in [0.717, 1.165) is 24.6 Å². The van der Waals surface area contributed by atoms with Crippen molar-refractivity contribution in [2.75, 3.05) is 12.4 Å². The van der Waals surface area contributed by atoms with Crippen molar-refractivity contribution in [3.63, 3.8) is 0 Å². The van der Waals surface area contributed by atoms with E-state index in [1.165, 1.54) is 4.88 Å². The predicted molar refractivity (Wildman–Crippen MR) is 80.3 cm³/mol. The minimum Gasteiger partial charge on any atom is -0.372 e. The van der Waals surface area contributed by atoms with E-state index in [9.17, 15) is 0 Å². The maximum Gasteiger partial charge on any atom is 0.144 e. The van der Waals surface area contributed by atoms with Crippen molar-refractivity contribution in [3.8, 4) is 0 Å². The van der Waals surface area contributed by atoms with Gasteiger partial charge in [0.2, 0.25) is 0 Å². The molecule has 0 bridgehead atoms. The third kappa shape index (κ3) is 4.01. The highest BCUT2D eigenvalue weighted by Crippen LogP contribution is 2.16. The Morgan fingerprint density at radius 2 is 2.11 bits per heavy atom.